The number of halogens is 4. The molecule has 6 heteroatoms. The summed E-state index contributed by atoms with van der Waals surface area (Å²) in [6, 6.07) is 8.30. The van der Waals surface area contributed by atoms with Crippen LogP contribution in [0.25, 0.3) is 0 Å². The van der Waals surface area contributed by atoms with Gasteiger partial charge in [0.05, 0.1) is 36.7 Å². The molecule has 0 unspecified atom stereocenters. The first-order valence-electron chi connectivity index (χ1n) is 8.90. The number of ether oxygens (including phenoxy) is 2. The molecule has 0 saturated carbocycles. The Kier molecular flexibility index (Phi) is 9.38. The lowest BCUT2D eigenvalue weighted by Crippen LogP contribution is -2.03. The van der Waals surface area contributed by atoms with Crippen LogP contribution in [0.3, 0.4) is 0 Å². The van der Waals surface area contributed by atoms with Crippen LogP contribution in [0.2, 0.25) is 0 Å². The van der Waals surface area contributed by atoms with Crippen LogP contribution in [-0.2, 0) is 29.9 Å². The third-order valence-corrected chi connectivity index (χ3v) is 5.32. The van der Waals surface area contributed by atoms with Gasteiger partial charge in [-0.1, -0.05) is 24.3 Å². The fraction of sp³-hybridized carbons (Fsp3) is 0.429. The lowest BCUT2D eigenvalue weighted by atomic mass is 9.97. The smallest absolute Gasteiger partial charge is 0.128 e. The van der Waals surface area contributed by atoms with Crippen LogP contribution in [0.15, 0.2) is 24.3 Å². The van der Waals surface area contributed by atoms with Gasteiger partial charge in [0.1, 0.15) is 11.5 Å². The molecule has 27 heavy (non-hydrogen) atoms. The summed E-state index contributed by atoms with van der Waals surface area (Å²) >= 11 is 24.6. The van der Waals surface area contributed by atoms with Gasteiger partial charge in [-0.15, -0.1) is 46.4 Å². The van der Waals surface area contributed by atoms with E-state index in [0.29, 0.717) is 36.7 Å². The molecule has 0 aromatic heterocycles. The van der Waals surface area contributed by atoms with E-state index < -0.39 is 0 Å². The van der Waals surface area contributed by atoms with Crippen LogP contribution in [0.5, 0.6) is 11.5 Å². The molecule has 0 spiro atoms. The average Bonchev–Trinajstić information content (AvgIpc) is 2.69. The van der Waals surface area contributed by atoms with Gasteiger partial charge in [-0.25, -0.2) is 0 Å². The van der Waals surface area contributed by atoms with E-state index in [1.54, 1.807) is 0 Å². The lowest BCUT2D eigenvalue weighted by Gasteiger charge is -2.17. The molecule has 0 atom stereocenters. The molecule has 0 saturated heterocycles. The number of rotatable bonds is 10. The van der Waals surface area contributed by atoms with Crippen molar-refractivity contribution in [2.24, 2.45) is 0 Å². The summed E-state index contributed by atoms with van der Waals surface area (Å²) in [4.78, 5) is 0. The zero-order chi connectivity index (χ0) is 19.8. The van der Waals surface area contributed by atoms with Gasteiger partial charge in [0.15, 0.2) is 0 Å². The quantitative estimate of drug-likeness (QED) is 0.362. The van der Waals surface area contributed by atoms with Gasteiger partial charge in [0, 0.05) is 22.3 Å². The molecule has 148 valence electrons. The summed E-state index contributed by atoms with van der Waals surface area (Å²) in [5.41, 5.74) is 6.05. The van der Waals surface area contributed by atoms with Crippen molar-refractivity contribution >= 4 is 46.4 Å². The zero-order valence-electron chi connectivity index (χ0n) is 15.6. The lowest BCUT2D eigenvalue weighted by molar-refractivity contribution is 0.334. The fourth-order valence-electron chi connectivity index (χ4n) is 3.15. The number of hydrogen-bond acceptors (Lipinski definition) is 2. The first-order valence-corrected chi connectivity index (χ1v) is 11.0. The van der Waals surface area contributed by atoms with Crippen LogP contribution in [-0.4, -0.2) is 13.2 Å². The summed E-state index contributed by atoms with van der Waals surface area (Å²) in [5.74, 6) is 3.07. The van der Waals surface area contributed by atoms with Gasteiger partial charge in [0.2, 0.25) is 0 Å². The highest BCUT2D eigenvalue weighted by atomic mass is 35.5. The van der Waals surface area contributed by atoms with Crippen molar-refractivity contribution in [3.05, 3.63) is 57.6 Å². The van der Waals surface area contributed by atoms with Crippen LogP contribution >= 0.6 is 46.4 Å². The number of hydrogen-bond donors (Lipinski definition) is 0. The highest BCUT2D eigenvalue weighted by Crippen LogP contribution is 2.33. The van der Waals surface area contributed by atoms with Crippen LogP contribution < -0.4 is 9.47 Å². The maximum Gasteiger partial charge on any atom is 0.128 e. The van der Waals surface area contributed by atoms with E-state index >= 15 is 0 Å². The van der Waals surface area contributed by atoms with E-state index in [1.807, 2.05) is 13.8 Å². The molecule has 0 fully saturated rings. The highest BCUT2D eigenvalue weighted by Gasteiger charge is 2.14. The minimum Gasteiger partial charge on any atom is -0.493 e. The monoisotopic (exact) mass is 448 g/mol. The Hall–Kier alpha value is -0.800. The molecule has 0 radical (unpaired) electrons. The van der Waals surface area contributed by atoms with Crippen molar-refractivity contribution in [3.63, 3.8) is 0 Å². The molecule has 2 nitrogen and oxygen atoms in total. The van der Waals surface area contributed by atoms with Crippen molar-refractivity contribution < 1.29 is 9.47 Å². The van der Waals surface area contributed by atoms with Gasteiger partial charge in [-0.3, -0.25) is 0 Å². The third kappa shape index (κ3) is 5.60. The summed E-state index contributed by atoms with van der Waals surface area (Å²) in [6.07, 6.45) is 0.723. The second kappa shape index (κ2) is 11.3. The second-order valence-corrected chi connectivity index (χ2v) is 7.13. The van der Waals surface area contributed by atoms with Crippen LogP contribution in [0.4, 0.5) is 0 Å². The first kappa shape index (κ1) is 22.5. The molecule has 0 heterocycles. The topological polar surface area (TPSA) is 18.5 Å². The largest absolute Gasteiger partial charge is 0.493 e. The van der Waals surface area contributed by atoms with Crippen molar-refractivity contribution in [1.82, 2.24) is 0 Å². The minimum atomic E-state index is 0.371. The van der Waals surface area contributed by atoms with Crippen molar-refractivity contribution in [3.8, 4) is 11.5 Å². The highest BCUT2D eigenvalue weighted by molar-refractivity contribution is 6.18. The minimum absolute atomic E-state index is 0.371. The molecule has 0 aliphatic carbocycles. The van der Waals surface area contributed by atoms with Crippen LogP contribution in [0.1, 0.15) is 47.2 Å². The molecule has 0 bridgehead atoms. The molecule has 2 aromatic rings. The van der Waals surface area contributed by atoms with Gasteiger partial charge < -0.3 is 9.47 Å². The molecule has 2 rings (SSSR count). The van der Waals surface area contributed by atoms with Gasteiger partial charge in [0.25, 0.3) is 0 Å². The molecule has 0 aliphatic rings. The summed E-state index contributed by atoms with van der Waals surface area (Å²) in [5, 5.41) is 0. The Bertz CT molecular complexity index is 648. The Balaban J connectivity index is 2.44. The van der Waals surface area contributed by atoms with Gasteiger partial charge in [-0.2, -0.15) is 0 Å². The Morgan fingerprint density at radius 1 is 0.593 bits per heavy atom. The number of alkyl halides is 4. The maximum absolute atomic E-state index is 6.15. The second-order valence-electron chi connectivity index (χ2n) is 6.06. The molecular weight excluding hydrogens is 426 g/mol. The Morgan fingerprint density at radius 2 is 0.889 bits per heavy atom. The Labute approximate surface area is 181 Å². The Morgan fingerprint density at radius 3 is 1.11 bits per heavy atom. The molecule has 2 aromatic carbocycles. The van der Waals surface area contributed by atoms with Gasteiger partial charge in [-0.05, 0) is 31.4 Å². The van der Waals surface area contributed by atoms with Crippen molar-refractivity contribution in [2.45, 2.75) is 43.8 Å². The van der Waals surface area contributed by atoms with E-state index in [0.717, 1.165) is 51.3 Å². The first-order chi connectivity index (χ1) is 13.1. The van der Waals surface area contributed by atoms with Crippen molar-refractivity contribution in [2.75, 3.05) is 13.2 Å². The predicted octanol–water partition coefficient (Wildman–Crippen LogP) is 7.03. The SMILES string of the molecule is CCOc1c(CCl)cc(Cc2cc(CCl)c(OCC)c(CCl)c2)cc1CCl. The van der Waals surface area contributed by atoms with Crippen LogP contribution in [0, 0.1) is 0 Å². The maximum atomic E-state index is 6.15. The fourth-order valence-corrected chi connectivity index (χ4v) is 3.94. The van der Waals surface area contributed by atoms with E-state index in [9.17, 15) is 0 Å². The van der Waals surface area contributed by atoms with Gasteiger partial charge >= 0.3 is 0 Å². The van der Waals surface area contributed by atoms with Crippen molar-refractivity contribution in [1.29, 1.82) is 0 Å². The van der Waals surface area contributed by atoms with E-state index in [2.05, 4.69) is 24.3 Å². The molecular formula is C21H24Cl4O2. The normalized spacial score (nSPS) is 10.9. The molecule has 0 aliphatic heterocycles. The summed E-state index contributed by atoms with van der Waals surface area (Å²) < 4.78 is 11.5. The predicted molar refractivity (Wildman–Crippen MR) is 116 cm³/mol. The molecule has 0 N–H and O–H groups in total. The summed E-state index contributed by atoms with van der Waals surface area (Å²) in [7, 11) is 0. The summed E-state index contributed by atoms with van der Waals surface area (Å²) in [6.45, 7) is 5.05. The average molecular weight is 450 g/mol. The van der Waals surface area contributed by atoms with E-state index in [-0.39, 0.29) is 0 Å². The van der Waals surface area contributed by atoms with E-state index in [4.69, 9.17) is 55.9 Å². The third-order valence-electron chi connectivity index (χ3n) is 4.17. The number of benzene rings is 2. The van der Waals surface area contributed by atoms with E-state index in [1.165, 1.54) is 0 Å². The standard InChI is InChI=1S/C21H24Cl4O2/c1-3-26-20-16(10-22)6-14(7-17(20)11-23)5-15-8-18(12-24)21(27-4-2)19(9-15)13-25/h6-9H,3-5,10-13H2,1-2H3. The molecule has 0 amide bonds. The zero-order valence-corrected chi connectivity index (χ0v) is 18.6.